The highest BCUT2D eigenvalue weighted by Crippen LogP contribution is 2.25. The van der Waals surface area contributed by atoms with Crippen LogP contribution >= 0.6 is 0 Å². The molecule has 0 atom stereocenters. The highest BCUT2D eigenvalue weighted by atomic mass is 32.2. The van der Waals surface area contributed by atoms with Gasteiger partial charge < -0.3 is 10.1 Å². The van der Waals surface area contributed by atoms with Crippen molar-refractivity contribution in [3.63, 3.8) is 0 Å². The number of nitrogens with one attached hydrogen (secondary N) is 1. The van der Waals surface area contributed by atoms with Crippen LogP contribution in [0.15, 0.2) is 53.4 Å². The molecule has 8 nitrogen and oxygen atoms in total. The van der Waals surface area contributed by atoms with Crippen molar-refractivity contribution in [3.8, 4) is 6.07 Å². The lowest BCUT2D eigenvalue weighted by atomic mass is 10.1. The number of nitrogens with zero attached hydrogens (tertiary/aromatic N) is 2. The summed E-state index contributed by atoms with van der Waals surface area (Å²) in [5.74, 6) is -0.964. The van der Waals surface area contributed by atoms with Crippen LogP contribution in [0.5, 0.6) is 0 Å². The Bertz CT molecular complexity index is 1010. The summed E-state index contributed by atoms with van der Waals surface area (Å²) in [7, 11) is -4.08. The van der Waals surface area contributed by atoms with E-state index in [1.807, 2.05) is 6.07 Å². The Hall–Kier alpha value is -3.38. The second-order valence-electron chi connectivity index (χ2n) is 6.02. The number of benzene rings is 2. The maximum absolute atomic E-state index is 13.2. The molecule has 2 rings (SSSR count). The predicted octanol–water partition coefficient (Wildman–Crippen LogP) is 2.47. The number of hydrogen-bond acceptors (Lipinski definition) is 6. The number of hydrogen-bond donors (Lipinski definition) is 1. The summed E-state index contributed by atoms with van der Waals surface area (Å²) >= 11 is 0. The number of rotatable bonds is 8. The second kappa shape index (κ2) is 9.71. The van der Waals surface area contributed by atoms with Gasteiger partial charge in [-0.25, -0.2) is 8.42 Å². The lowest BCUT2D eigenvalue weighted by Crippen LogP contribution is -2.36. The van der Waals surface area contributed by atoms with E-state index in [1.54, 1.807) is 19.1 Å². The molecular formula is C20H21N3O5S. The van der Waals surface area contributed by atoms with Gasteiger partial charge in [0.2, 0.25) is 5.91 Å². The molecule has 0 bridgehead atoms. The molecule has 0 aromatic heterocycles. The van der Waals surface area contributed by atoms with Crippen molar-refractivity contribution in [3.05, 3.63) is 54.1 Å². The van der Waals surface area contributed by atoms with Crippen LogP contribution in [0.25, 0.3) is 0 Å². The minimum atomic E-state index is -4.08. The molecule has 0 radical (unpaired) electrons. The van der Waals surface area contributed by atoms with Crippen LogP contribution in [-0.4, -0.2) is 33.4 Å². The second-order valence-corrected chi connectivity index (χ2v) is 7.89. The summed E-state index contributed by atoms with van der Waals surface area (Å²) < 4.78 is 32.3. The van der Waals surface area contributed by atoms with Crippen molar-refractivity contribution in [1.29, 1.82) is 5.26 Å². The number of ether oxygens (including phenoxy) is 1. The first-order chi connectivity index (χ1) is 13.8. The van der Waals surface area contributed by atoms with Crippen LogP contribution in [0, 0.1) is 11.3 Å². The van der Waals surface area contributed by atoms with Crippen LogP contribution < -0.4 is 9.62 Å². The van der Waals surface area contributed by atoms with Crippen LogP contribution in [0.2, 0.25) is 0 Å². The third-order valence-corrected chi connectivity index (χ3v) is 5.64. The van der Waals surface area contributed by atoms with E-state index in [2.05, 4.69) is 5.32 Å². The van der Waals surface area contributed by atoms with Gasteiger partial charge in [-0.3, -0.25) is 13.9 Å². The van der Waals surface area contributed by atoms with Gasteiger partial charge >= 0.3 is 5.97 Å². The number of amides is 1. The molecular weight excluding hydrogens is 394 g/mol. The molecule has 1 amide bonds. The van der Waals surface area contributed by atoms with Gasteiger partial charge in [0.05, 0.1) is 29.7 Å². The van der Waals surface area contributed by atoms with E-state index in [0.29, 0.717) is 5.69 Å². The quantitative estimate of drug-likeness (QED) is 0.662. The maximum atomic E-state index is 13.2. The molecule has 0 saturated heterocycles. The number of carbonyl (C=O) groups is 2. The van der Waals surface area contributed by atoms with Crippen LogP contribution in [0.3, 0.4) is 0 Å². The number of carbonyl (C=O) groups excluding carboxylic acids is 2. The fourth-order valence-corrected chi connectivity index (χ4v) is 3.96. The molecule has 0 aliphatic carbocycles. The Morgan fingerprint density at radius 2 is 1.72 bits per heavy atom. The fraction of sp³-hybridized carbons (Fsp3) is 0.250. The largest absolute Gasteiger partial charge is 0.465 e. The van der Waals surface area contributed by atoms with E-state index in [9.17, 15) is 18.0 Å². The SMILES string of the molecule is CCOC(=O)CN(c1ccc(CC#N)cc1)S(=O)(=O)c1ccc(NC(C)=O)cc1. The summed E-state index contributed by atoms with van der Waals surface area (Å²) in [6.45, 7) is 2.61. The molecule has 9 heteroatoms. The van der Waals surface area contributed by atoms with Gasteiger partial charge in [-0.05, 0) is 48.9 Å². The van der Waals surface area contributed by atoms with Crippen molar-refractivity contribution in [2.24, 2.45) is 0 Å². The van der Waals surface area contributed by atoms with Gasteiger partial charge in [0.25, 0.3) is 10.0 Å². The topological polar surface area (TPSA) is 117 Å². The zero-order chi connectivity index (χ0) is 21.4. The molecule has 0 heterocycles. The van der Waals surface area contributed by atoms with Crippen LogP contribution in [-0.2, 0) is 30.8 Å². The van der Waals surface area contributed by atoms with E-state index in [-0.39, 0.29) is 29.5 Å². The van der Waals surface area contributed by atoms with Crippen molar-refractivity contribution in [2.45, 2.75) is 25.2 Å². The molecule has 29 heavy (non-hydrogen) atoms. The van der Waals surface area contributed by atoms with Crippen molar-refractivity contribution in [1.82, 2.24) is 0 Å². The summed E-state index contributed by atoms with van der Waals surface area (Å²) in [6, 6.07) is 14.0. The van der Waals surface area contributed by atoms with Crippen molar-refractivity contribution >= 4 is 33.3 Å². The van der Waals surface area contributed by atoms with Crippen molar-refractivity contribution in [2.75, 3.05) is 22.8 Å². The normalized spacial score (nSPS) is 10.7. The molecule has 2 aromatic carbocycles. The van der Waals surface area contributed by atoms with Gasteiger partial charge in [-0.15, -0.1) is 0 Å². The number of esters is 1. The van der Waals surface area contributed by atoms with Crippen LogP contribution in [0.4, 0.5) is 11.4 Å². The average molecular weight is 415 g/mol. The molecule has 0 unspecified atom stereocenters. The van der Waals surface area contributed by atoms with E-state index < -0.39 is 22.5 Å². The number of nitriles is 1. The minimum absolute atomic E-state index is 0.0444. The van der Waals surface area contributed by atoms with Gasteiger partial charge in [0.1, 0.15) is 6.54 Å². The molecule has 0 spiro atoms. The smallest absolute Gasteiger partial charge is 0.326 e. The third-order valence-electron chi connectivity index (χ3n) is 3.85. The zero-order valence-electron chi connectivity index (χ0n) is 16.1. The number of anilines is 2. The highest BCUT2D eigenvalue weighted by Gasteiger charge is 2.27. The lowest BCUT2D eigenvalue weighted by molar-refractivity contribution is -0.141. The Morgan fingerprint density at radius 1 is 1.10 bits per heavy atom. The highest BCUT2D eigenvalue weighted by molar-refractivity contribution is 7.92. The Kier molecular flexibility index (Phi) is 7.33. The predicted molar refractivity (Wildman–Crippen MR) is 108 cm³/mol. The van der Waals surface area contributed by atoms with E-state index in [0.717, 1.165) is 9.87 Å². The van der Waals surface area contributed by atoms with Crippen molar-refractivity contribution < 1.29 is 22.7 Å². The lowest BCUT2D eigenvalue weighted by Gasteiger charge is -2.24. The Morgan fingerprint density at radius 3 is 2.24 bits per heavy atom. The third kappa shape index (κ3) is 5.80. The Labute approximate surface area is 169 Å². The van der Waals surface area contributed by atoms with Gasteiger partial charge in [-0.2, -0.15) is 5.26 Å². The Balaban J connectivity index is 2.41. The molecule has 0 aliphatic rings. The van der Waals surface area contributed by atoms with Gasteiger partial charge in [0.15, 0.2) is 0 Å². The van der Waals surface area contributed by atoms with Crippen LogP contribution in [0.1, 0.15) is 19.4 Å². The monoisotopic (exact) mass is 415 g/mol. The summed E-state index contributed by atoms with van der Waals surface area (Å²) in [6.07, 6.45) is 0.190. The van der Waals surface area contributed by atoms with E-state index in [1.165, 1.54) is 43.3 Å². The molecule has 2 aromatic rings. The summed E-state index contributed by atoms with van der Waals surface area (Å²) in [4.78, 5) is 23.1. The average Bonchev–Trinajstić information content (AvgIpc) is 2.67. The van der Waals surface area contributed by atoms with E-state index in [4.69, 9.17) is 10.00 Å². The van der Waals surface area contributed by atoms with Gasteiger partial charge in [0, 0.05) is 12.6 Å². The zero-order valence-corrected chi connectivity index (χ0v) is 16.9. The van der Waals surface area contributed by atoms with Gasteiger partial charge in [-0.1, -0.05) is 12.1 Å². The molecule has 152 valence electrons. The first kappa shape index (κ1) is 21.9. The molecule has 0 aliphatic heterocycles. The fourth-order valence-electron chi connectivity index (χ4n) is 2.55. The maximum Gasteiger partial charge on any atom is 0.326 e. The van der Waals surface area contributed by atoms with E-state index >= 15 is 0 Å². The molecule has 0 fully saturated rings. The molecule has 1 N–H and O–H groups in total. The standard InChI is InChI=1S/C20H21N3O5S/c1-3-28-20(25)14-23(18-8-4-16(5-9-18)12-13-21)29(26,27)19-10-6-17(7-11-19)22-15(2)24/h4-11H,3,12,14H2,1-2H3,(H,22,24). The summed E-state index contributed by atoms with van der Waals surface area (Å²) in [5, 5.41) is 11.4. The first-order valence-corrected chi connectivity index (χ1v) is 10.2. The summed E-state index contributed by atoms with van der Waals surface area (Å²) in [5.41, 5.74) is 1.45. The number of sulfonamides is 1. The molecule has 0 saturated carbocycles. The minimum Gasteiger partial charge on any atom is -0.465 e. The first-order valence-electron chi connectivity index (χ1n) is 8.80.